The van der Waals surface area contributed by atoms with Gasteiger partial charge in [0.15, 0.2) is 0 Å². The number of hydrogen-bond donors (Lipinski definition) is 2. The van der Waals surface area contributed by atoms with Crippen LogP contribution in [0.1, 0.15) is 20.2 Å². The Kier molecular flexibility index (Phi) is 3.84. The molecule has 0 aliphatic heterocycles. The predicted molar refractivity (Wildman–Crippen MR) is 73.9 cm³/mol. The van der Waals surface area contributed by atoms with Crippen LogP contribution >= 0.6 is 22.9 Å². The van der Waals surface area contributed by atoms with E-state index in [2.05, 4.69) is 10.3 Å². The van der Waals surface area contributed by atoms with Gasteiger partial charge in [-0.2, -0.15) is 0 Å². The molecule has 1 amide bonds. The summed E-state index contributed by atoms with van der Waals surface area (Å²) in [7, 11) is 0. The number of nitrogens with zero attached hydrogens (tertiary/aromatic N) is 1. The highest BCUT2D eigenvalue weighted by molar-refractivity contribution is 7.11. The van der Waals surface area contributed by atoms with Gasteiger partial charge in [-0.15, -0.1) is 11.3 Å². The van der Waals surface area contributed by atoms with Crippen LogP contribution in [-0.2, 0) is 6.54 Å². The third-order valence-electron chi connectivity index (χ3n) is 2.33. The second kappa shape index (κ2) is 5.37. The van der Waals surface area contributed by atoms with Gasteiger partial charge in [0.1, 0.15) is 0 Å². The molecule has 3 N–H and O–H groups in total. The van der Waals surface area contributed by atoms with Gasteiger partial charge in [0.2, 0.25) is 0 Å². The van der Waals surface area contributed by atoms with Crippen molar-refractivity contribution in [2.45, 2.75) is 13.5 Å². The van der Waals surface area contributed by atoms with Gasteiger partial charge in [-0.05, 0) is 25.1 Å². The molecule has 0 aliphatic carbocycles. The molecule has 0 spiro atoms. The van der Waals surface area contributed by atoms with Crippen LogP contribution in [0.15, 0.2) is 24.4 Å². The lowest BCUT2D eigenvalue weighted by Gasteiger charge is -2.06. The lowest BCUT2D eigenvalue weighted by Crippen LogP contribution is -2.22. The van der Waals surface area contributed by atoms with E-state index in [0.717, 1.165) is 9.88 Å². The standard InChI is InChI=1S/C12H12ClN3OS/c1-7-15-5-9(18-7)6-16-12(17)10-3-2-8(14)4-11(10)13/h2-5H,6,14H2,1H3,(H,16,17). The first-order valence-electron chi connectivity index (χ1n) is 5.31. The van der Waals surface area contributed by atoms with Gasteiger partial charge < -0.3 is 11.1 Å². The second-order valence-electron chi connectivity index (χ2n) is 3.77. The summed E-state index contributed by atoms with van der Waals surface area (Å²) in [5.41, 5.74) is 6.53. The van der Waals surface area contributed by atoms with Crippen LogP contribution in [0.25, 0.3) is 0 Å². The van der Waals surface area contributed by atoms with Crippen LogP contribution in [0, 0.1) is 6.92 Å². The van der Waals surface area contributed by atoms with Gasteiger partial charge in [-0.1, -0.05) is 11.6 Å². The molecule has 0 saturated carbocycles. The minimum Gasteiger partial charge on any atom is -0.399 e. The van der Waals surface area contributed by atoms with Gasteiger partial charge in [-0.3, -0.25) is 4.79 Å². The summed E-state index contributed by atoms with van der Waals surface area (Å²) in [6, 6.07) is 4.83. The fraction of sp³-hybridized carbons (Fsp3) is 0.167. The smallest absolute Gasteiger partial charge is 0.253 e. The number of halogens is 1. The molecule has 0 bridgehead atoms. The van der Waals surface area contributed by atoms with Crippen LogP contribution in [0.4, 0.5) is 5.69 Å². The summed E-state index contributed by atoms with van der Waals surface area (Å²) >= 11 is 7.51. The van der Waals surface area contributed by atoms with Crippen LogP contribution in [-0.4, -0.2) is 10.9 Å². The third-order valence-corrected chi connectivity index (χ3v) is 3.56. The lowest BCUT2D eigenvalue weighted by molar-refractivity contribution is 0.0951. The number of benzene rings is 1. The molecule has 1 aromatic heterocycles. The Morgan fingerprint density at radius 1 is 1.56 bits per heavy atom. The Balaban J connectivity index is 2.03. The van der Waals surface area contributed by atoms with Crippen molar-refractivity contribution in [2.75, 3.05) is 5.73 Å². The molecule has 1 heterocycles. The van der Waals surface area contributed by atoms with Gasteiger partial charge in [0.05, 0.1) is 22.1 Å². The molecule has 94 valence electrons. The van der Waals surface area contributed by atoms with Crippen LogP contribution < -0.4 is 11.1 Å². The number of carbonyl (C=O) groups is 1. The Morgan fingerprint density at radius 2 is 2.33 bits per heavy atom. The summed E-state index contributed by atoms with van der Waals surface area (Å²) < 4.78 is 0. The maximum Gasteiger partial charge on any atom is 0.253 e. The number of aromatic nitrogens is 1. The quantitative estimate of drug-likeness (QED) is 0.850. The molecule has 1 aromatic carbocycles. The van der Waals surface area contributed by atoms with Gasteiger partial charge in [-0.25, -0.2) is 4.98 Å². The summed E-state index contributed by atoms with van der Waals surface area (Å²) in [4.78, 5) is 17.0. The number of hydrogen-bond acceptors (Lipinski definition) is 4. The molecule has 0 radical (unpaired) electrons. The first-order valence-corrected chi connectivity index (χ1v) is 6.50. The van der Waals surface area contributed by atoms with E-state index in [0.29, 0.717) is 22.8 Å². The van der Waals surface area contributed by atoms with E-state index >= 15 is 0 Å². The zero-order valence-electron chi connectivity index (χ0n) is 9.74. The number of aryl methyl sites for hydroxylation is 1. The Labute approximate surface area is 114 Å². The number of amides is 1. The zero-order valence-corrected chi connectivity index (χ0v) is 11.3. The van der Waals surface area contributed by atoms with Crippen LogP contribution in [0.3, 0.4) is 0 Å². The monoisotopic (exact) mass is 281 g/mol. The normalized spacial score (nSPS) is 10.3. The zero-order chi connectivity index (χ0) is 13.1. The Bertz CT molecular complexity index is 582. The maximum atomic E-state index is 11.9. The lowest BCUT2D eigenvalue weighted by atomic mass is 10.2. The molecule has 0 unspecified atom stereocenters. The minimum absolute atomic E-state index is 0.217. The second-order valence-corrected chi connectivity index (χ2v) is 5.49. The number of nitrogens with one attached hydrogen (secondary N) is 1. The van der Waals surface area contributed by atoms with Gasteiger partial charge in [0.25, 0.3) is 5.91 Å². The molecular weight excluding hydrogens is 270 g/mol. The molecule has 4 nitrogen and oxygen atoms in total. The number of anilines is 1. The van der Waals surface area contributed by atoms with E-state index in [1.54, 1.807) is 35.7 Å². The summed E-state index contributed by atoms with van der Waals surface area (Å²) in [6.45, 7) is 2.37. The predicted octanol–water partition coefficient (Wildman–Crippen LogP) is 2.62. The molecule has 0 aliphatic rings. The topological polar surface area (TPSA) is 68.0 Å². The van der Waals surface area contributed by atoms with Crippen molar-refractivity contribution < 1.29 is 4.79 Å². The average molecular weight is 282 g/mol. The molecule has 18 heavy (non-hydrogen) atoms. The molecule has 6 heteroatoms. The van der Waals surface area contributed by atoms with Crippen molar-refractivity contribution in [2.24, 2.45) is 0 Å². The highest BCUT2D eigenvalue weighted by Gasteiger charge is 2.10. The minimum atomic E-state index is -0.217. The molecule has 2 aromatic rings. The van der Waals surface area contributed by atoms with E-state index in [1.165, 1.54) is 0 Å². The molecule has 0 atom stereocenters. The van der Waals surface area contributed by atoms with Crippen molar-refractivity contribution in [1.29, 1.82) is 0 Å². The average Bonchev–Trinajstić information content (AvgIpc) is 2.72. The third kappa shape index (κ3) is 3.00. The number of thiazole rings is 1. The molecule has 0 saturated heterocycles. The largest absolute Gasteiger partial charge is 0.399 e. The SMILES string of the molecule is Cc1ncc(CNC(=O)c2ccc(N)cc2Cl)s1. The Hall–Kier alpha value is -1.59. The van der Waals surface area contributed by atoms with Crippen LogP contribution in [0.5, 0.6) is 0 Å². The van der Waals surface area contributed by atoms with Crippen LogP contribution in [0.2, 0.25) is 5.02 Å². The summed E-state index contributed by atoms with van der Waals surface area (Å²) in [5, 5.41) is 4.13. The van der Waals surface area contributed by atoms with E-state index in [4.69, 9.17) is 17.3 Å². The fourth-order valence-electron chi connectivity index (χ4n) is 1.47. The summed E-state index contributed by atoms with van der Waals surface area (Å²) in [5.74, 6) is -0.217. The number of rotatable bonds is 3. The molecule has 0 fully saturated rings. The van der Waals surface area contributed by atoms with Crippen molar-refractivity contribution in [1.82, 2.24) is 10.3 Å². The van der Waals surface area contributed by atoms with Crippen molar-refractivity contribution in [3.05, 3.63) is 44.9 Å². The first-order chi connectivity index (χ1) is 8.56. The van der Waals surface area contributed by atoms with E-state index in [9.17, 15) is 4.79 Å². The Morgan fingerprint density at radius 3 is 2.94 bits per heavy atom. The van der Waals surface area contributed by atoms with E-state index in [1.807, 2.05) is 6.92 Å². The van der Waals surface area contributed by atoms with Gasteiger partial charge in [0, 0.05) is 16.8 Å². The number of carbonyl (C=O) groups excluding carboxylic acids is 1. The van der Waals surface area contributed by atoms with Crippen molar-refractivity contribution in [3.63, 3.8) is 0 Å². The molecular formula is C12H12ClN3OS. The van der Waals surface area contributed by atoms with Crippen molar-refractivity contribution >= 4 is 34.5 Å². The number of nitrogen functional groups attached to an aromatic ring is 1. The number of nitrogens with two attached hydrogens (primary N) is 1. The maximum absolute atomic E-state index is 11.9. The first kappa shape index (κ1) is 12.9. The van der Waals surface area contributed by atoms with Crippen molar-refractivity contribution in [3.8, 4) is 0 Å². The summed E-state index contributed by atoms with van der Waals surface area (Å²) in [6.07, 6.45) is 1.75. The van der Waals surface area contributed by atoms with E-state index in [-0.39, 0.29) is 5.91 Å². The fourth-order valence-corrected chi connectivity index (χ4v) is 2.47. The highest BCUT2D eigenvalue weighted by atomic mass is 35.5. The van der Waals surface area contributed by atoms with Gasteiger partial charge >= 0.3 is 0 Å². The highest BCUT2D eigenvalue weighted by Crippen LogP contribution is 2.19. The van der Waals surface area contributed by atoms with E-state index < -0.39 is 0 Å². The molecule has 2 rings (SSSR count).